The molecule has 5 rings (SSSR count). The van der Waals surface area contributed by atoms with Crippen LogP contribution in [-0.4, -0.2) is 59.0 Å². The zero-order valence-corrected chi connectivity index (χ0v) is 24.4. The Kier molecular flexibility index (Phi) is 7.40. The maximum atomic E-state index is 14.1. The summed E-state index contributed by atoms with van der Waals surface area (Å²) in [5.74, 6) is 0.287. The van der Waals surface area contributed by atoms with E-state index in [0.29, 0.717) is 10.0 Å². The number of fused-ring (bicyclic) bond motifs is 1. The molecule has 0 aliphatic carbocycles. The molecule has 3 heterocycles. The van der Waals surface area contributed by atoms with E-state index in [0.717, 1.165) is 52.8 Å². The van der Waals surface area contributed by atoms with Crippen LogP contribution in [0.4, 0.5) is 0 Å². The fourth-order valence-electron chi connectivity index (χ4n) is 5.91. The number of thioether (sulfide) groups is 1. The minimum absolute atomic E-state index is 0.118. The van der Waals surface area contributed by atoms with Gasteiger partial charge in [0.2, 0.25) is 0 Å². The van der Waals surface area contributed by atoms with Gasteiger partial charge in [-0.2, -0.15) is 0 Å². The van der Waals surface area contributed by atoms with Crippen LogP contribution in [0.3, 0.4) is 0 Å². The zero-order chi connectivity index (χ0) is 26.5. The van der Waals surface area contributed by atoms with Crippen LogP contribution in [0.15, 0.2) is 64.1 Å². The summed E-state index contributed by atoms with van der Waals surface area (Å²) < 4.78 is 0. The molecule has 2 aromatic carbocycles. The molecule has 37 heavy (non-hydrogen) atoms. The molecule has 0 aromatic heterocycles. The van der Waals surface area contributed by atoms with Gasteiger partial charge < -0.3 is 14.7 Å². The molecule has 0 saturated carbocycles. The van der Waals surface area contributed by atoms with Crippen molar-refractivity contribution in [3.8, 4) is 0 Å². The van der Waals surface area contributed by atoms with Gasteiger partial charge in [-0.1, -0.05) is 61.3 Å². The molecule has 3 aliphatic heterocycles. The minimum Gasteiger partial charge on any atom is -0.334 e. The number of likely N-dealkylation sites (N-methyl/N-ethyl adjacent to an activating group) is 1. The number of amides is 1. The molecular weight excluding hydrogens is 523 g/mol. The Morgan fingerprint density at radius 2 is 1.73 bits per heavy atom. The maximum Gasteiger partial charge on any atom is 0.262 e. The van der Waals surface area contributed by atoms with Gasteiger partial charge in [-0.15, -0.1) is 0 Å². The molecule has 0 radical (unpaired) electrons. The third-order valence-corrected chi connectivity index (χ3v) is 9.14. The largest absolute Gasteiger partial charge is 0.334 e. The first-order valence-electron chi connectivity index (χ1n) is 12.9. The van der Waals surface area contributed by atoms with Gasteiger partial charge in [-0.3, -0.25) is 4.79 Å². The van der Waals surface area contributed by atoms with E-state index in [1.54, 1.807) is 0 Å². The first kappa shape index (κ1) is 26.6. The third-order valence-electron chi connectivity index (χ3n) is 7.58. The smallest absolute Gasteiger partial charge is 0.262 e. The Balaban J connectivity index is 1.60. The highest BCUT2D eigenvalue weighted by Gasteiger charge is 2.53. The van der Waals surface area contributed by atoms with Crippen molar-refractivity contribution in [2.75, 3.05) is 27.2 Å². The van der Waals surface area contributed by atoms with Crippen LogP contribution in [-0.2, 0) is 10.3 Å². The lowest BCUT2D eigenvalue weighted by atomic mass is 9.81. The van der Waals surface area contributed by atoms with Crippen molar-refractivity contribution in [3.05, 3.63) is 80.3 Å². The highest BCUT2D eigenvalue weighted by atomic mass is 35.5. The highest BCUT2D eigenvalue weighted by molar-refractivity contribution is 8.18. The predicted octanol–water partition coefficient (Wildman–Crippen LogP) is 6.79. The molecule has 1 fully saturated rings. The van der Waals surface area contributed by atoms with Gasteiger partial charge in [0.1, 0.15) is 10.4 Å². The van der Waals surface area contributed by atoms with Crippen LogP contribution < -0.4 is 0 Å². The molecule has 5 nitrogen and oxygen atoms in total. The third kappa shape index (κ3) is 4.82. The number of hydrogen-bond acceptors (Lipinski definition) is 5. The van der Waals surface area contributed by atoms with Gasteiger partial charge in [0, 0.05) is 34.9 Å². The van der Waals surface area contributed by atoms with Crippen LogP contribution in [0.2, 0.25) is 10.0 Å². The standard InChI is InChI=1S/C29H34Cl2N4OS/c1-18(2)24-25(27(36)34-16-6-7-23(34)17-33(4)5)37-28-32-29(3,20-10-14-22(31)15-11-20)26(35(24)28)19-8-12-21(30)13-9-19/h8-15,18,23,26H,6-7,16-17H2,1-5H3/t23-,26+,29-/m0/s1. The predicted molar refractivity (Wildman–Crippen MR) is 155 cm³/mol. The van der Waals surface area contributed by atoms with Crippen LogP contribution in [0.1, 0.15) is 50.8 Å². The first-order valence-corrected chi connectivity index (χ1v) is 14.5. The van der Waals surface area contributed by atoms with Crippen molar-refractivity contribution < 1.29 is 4.79 Å². The number of likely N-dealkylation sites (tertiary alicyclic amines) is 1. The van der Waals surface area contributed by atoms with Crippen LogP contribution >= 0.6 is 35.0 Å². The maximum absolute atomic E-state index is 14.1. The van der Waals surface area contributed by atoms with Gasteiger partial charge >= 0.3 is 0 Å². The topological polar surface area (TPSA) is 39.2 Å². The average molecular weight is 558 g/mol. The van der Waals surface area contributed by atoms with E-state index in [1.807, 2.05) is 24.3 Å². The number of amidine groups is 1. The molecule has 0 N–H and O–H groups in total. The number of rotatable bonds is 6. The van der Waals surface area contributed by atoms with Crippen molar-refractivity contribution in [2.24, 2.45) is 10.9 Å². The number of benzene rings is 2. The van der Waals surface area contributed by atoms with Gasteiger partial charge in [0.25, 0.3) is 5.91 Å². The zero-order valence-electron chi connectivity index (χ0n) is 22.0. The Hall–Kier alpha value is -1.99. The number of allylic oxidation sites excluding steroid dienone is 1. The van der Waals surface area contributed by atoms with Crippen molar-refractivity contribution in [1.29, 1.82) is 0 Å². The van der Waals surface area contributed by atoms with Crippen LogP contribution in [0.5, 0.6) is 0 Å². The Morgan fingerprint density at radius 3 is 2.32 bits per heavy atom. The van der Waals surface area contributed by atoms with Crippen molar-refractivity contribution in [1.82, 2.24) is 14.7 Å². The molecule has 0 unspecified atom stereocenters. The molecule has 2 aromatic rings. The van der Waals surface area contributed by atoms with Crippen LogP contribution in [0.25, 0.3) is 0 Å². The van der Waals surface area contributed by atoms with Crippen molar-refractivity contribution >= 4 is 46.0 Å². The summed E-state index contributed by atoms with van der Waals surface area (Å²) in [4.78, 5) is 26.8. The molecular formula is C29H34Cl2N4OS. The van der Waals surface area contributed by atoms with Crippen molar-refractivity contribution in [3.63, 3.8) is 0 Å². The quantitative estimate of drug-likeness (QED) is 0.392. The average Bonchev–Trinajstić information content (AvgIpc) is 3.52. The van der Waals surface area contributed by atoms with Gasteiger partial charge in [-0.05, 0) is 86.9 Å². The summed E-state index contributed by atoms with van der Waals surface area (Å²) in [5.41, 5.74) is 2.69. The summed E-state index contributed by atoms with van der Waals surface area (Å²) in [7, 11) is 4.15. The Bertz CT molecular complexity index is 1240. The van der Waals surface area contributed by atoms with E-state index >= 15 is 0 Å². The molecule has 0 bridgehead atoms. The number of carbonyl (C=O) groups excluding carboxylic acids is 1. The summed E-state index contributed by atoms with van der Waals surface area (Å²) in [6.45, 7) is 8.21. The van der Waals surface area contributed by atoms with Gasteiger partial charge in [0.05, 0.1) is 6.04 Å². The van der Waals surface area contributed by atoms with E-state index in [4.69, 9.17) is 28.2 Å². The minimum atomic E-state index is -0.559. The molecule has 3 aliphatic rings. The molecule has 0 spiro atoms. The fourth-order valence-corrected chi connectivity index (χ4v) is 7.52. The number of carbonyl (C=O) groups is 1. The Morgan fingerprint density at radius 1 is 1.11 bits per heavy atom. The van der Waals surface area contributed by atoms with E-state index in [2.05, 4.69) is 73.8 Å². The number of nitrogens with zero attached hydrogens (tertiary/aromatic N) is 4. The summed E-state index contributed by atoms with van der Waals surface area (Å²) in [6, 6.07) is 16.1. The second kappa shape index (κ2) is 10.3. The van der Waals surface area contributed by atoms with Crippen LogP contribution in [0, 0.1) is 5.92 Å². The summed E-state index contributed by atoms with van der Waals surface area (Å²) in [6.07, 6.45) is 2.09. The molecule has 8 heteroatoms. The lowest BCUT2D eigenvalue weighted by molar-refractivity contribution is -0.127. The Labute approximate surface area is 234 Å². The van der Waals surface area contributed by atoms with Gasteiger partial charge in [-0.25, -0.2) is 4.99 Å². The normalized spacial score (nSPS) is 25.5. The lowest BCUT2D eigenvalue weighted by Crippen LogP contribution is -2.42. The molecule has 196 valence electrons. The first-order chi connectivity index (χ1) is 17.6. The second-order valence-electron chi connectivity index (χ2n) is 10.9. The molecule has 3 atom stereocenters. The monoisotopic (exact) mass is 556 g/mol. The SMILES string of the molecule is CC(C)C1=C(C(=O)N2CCC[C@H]2CN(C)C)SC2=N[C@@](C)(c3ccc(Cl)cc3)[C@@H](c3ccc(Cl)cc3)N21. The summed E-state index contributed by atoms with van der Waals surface area (Å²) >= 11 is 14.0. The van der Waals surface area contributed by atoms with E-state index in [1.165, 1.54) is 11.8 Å². The molecule has 1 amide bonds. The van der Waals surface area contributed by atoms with E-state index in [-0.39, 0.29) is 23.9 Å². The second-order valence-corrected chi connectivity index (χ2v) is 12.8. The highest BCUT2D eigenvalue weighted by Crippen LogP contribution is 2.56. The summed E-state index contributed by atoms with van der Waals surface area (Å²) in [5, 5.41) is 2.28. The number of aliphatic imine (C=N–C) groups is 1. The van der Waals surface area contributed by atoms with Crippen molar-refractivity contribution in [2.45, 2.75) is 51.2 Å². The fraction of sp³-hybridized carbons (Fsp3) is 0.448. The number of halogens is 2. The number of hydrogen-bond donors (Lipinski definition) is 0. The van der Waals surface area contributed by atoms with E-state index < -0.39 is 5.54 Å². The molecule has 1 saturated heterocycles. The van der Waals surface area contributed by atoms with E-state index in [9.17, 15) is 4.79 Å². The van der Waals surface area contributed by atoms with Gasteiger partial charge in [0.15, 0.2) is 5.17 Å². The lowest BCUT2D eigenvalue weighted by Gasteiger charge is -2.37.